The fraction of sp³-hybridized carbons (Fsp3) is 0.389. The average molecular weight is 392 g/mol. The zero-order valence-electron chi connectivity index (χ0n) is 15.2. The van der Waals surface area contributed by atoms with E-state index in [1.807, 2.05) is 0 Å². The number of hydrogen-bond acceptors (Lipinski definition) is 7. The monoisotopic (exact) mass is 392 g/mol. The highest BCUT2D eigenvalue weighted by atomic mass is 16.7. The average Bonchev–Trinajstić information content (AvgIpc) is 2.62. The maximum Gasteiger partial charge on any atom is 0.508 e. The van der Waals surface area contributed by atoms with Gasteiger partial charge in [-0.25, -0.2) is 9.59 Å². The fourth-order valence-corrected chi connectivity index (χ4v) is 2.85. The second-order valence-electron chi connectivity index (χ2n) is 6.40. The van der Waals surface area contributed by atoms with Crippen LogP contribution >= 0.6 is 0 Å². The summed E-state index contributed by atoms with van der Waals surface area (Å²) in [6.45, 7) is 3.16. The number of benzene rings is 1. The van der Waals surface area contributed by atoms with Crippen LogP contribution in [0.5, 0.6) is 0 Å². The number of ether oxygens (including phenoxy) is 2. The number of nitrogens with one attached hydrogen (secondary N) is 1. The summed E-state index contributed by atoms with van der Waals surface area (Å²) in [7, 11) is 0. The highest BCUT2D eigenvalue weighted by Crippen LogP contribution is 2.28. The molecule has 0 aromatic heterocycles. The third-order valence-corrected chi connectivity index (χ3v) is 4.40. The van der Waals surface area contributed by atoms with Crippen molar-refractivity contribution in [2.24, 2.45) is 11.8 Å². The Balaban J connectivity index is 1.86. The van der Waals surface area contributed by atoms with Gasteiger partial charge in [0.1, 0.15) is 12.7 Å². The molecule has 1 saturated heterocycles. The topological polar surface area (TPSA) is 145 Å². The number of amides is 1. The van der Waals surface area contributed by atoms with Gasteiger partial charge in [-0.3, -0.25) is 14.9 Å². The van der Waals surface area contributed by atoms with Crippen LogP contribution in [0.3, 0.4) is 0 Å². The summed E-state index contributed by atoms with van der Waals surface area (Å²) in [5, 5.41) is 22.0. The molecule has 1 amide bonds. The first-order chi connectivity index (χ1) is 13.2. The van der Waals surface area contributed by atoms with Crippen molar-refractivity contribution in [3.63, 3.8) is 0 Å². The molecule has 1 fully saturated rings. The number of rotatable bonds is 8. The molecule has 2 N–H and O–H groups in total. The molecule has 0 saturated carbocycles. The molecule has 1 aromatic rings. The summed E-state index contributed by atoms with van der Waals surface area (Å²) in [6.07, 6.45) is 0.705. The van der Waals surface area contributed by atoms with Crippen molar-refractivity contribution < 1.29 is 33.9 Å². The molecule has 1 aromatic carbocycles. The minimum atomic E-state index is -1.09. The van der Waals surface area contributed by atoms with Gasteiger partial charge < -0.3 is 19.9 Å². The van der Waals surface area contributed by atoms with E-state index in [1.54, 1.807) is 13.8 Å². The third-order valence-electron chi connectivity index (χ3n) is 4.40. The Morgan fingerprint density at radius 1 is 1.32 bits per heavy atom. The first-order valence-corrected chi connectivity index (χ1v) is 8.47. The van der Waals surface area contributed by atoms with Crippen LogP contribution in [0.4, 0.5) is 10.5 Å². The Hall–Kier alpha value is -3.43. The number of nitro benzene ring substituents is 1. The third kappa shape index (κ3) is 5.29. The predicted octanol–water partition coefficient (Wildman–Crippen LogP) is 2.03. The predicted molar refractivity (Wildman–Crippen MR) is 95.2 cm³/mol. The van der Waals surface area contributed by atoms with Gasteiger partial charge in [0.25, 0.3) is 5.69 Å². The summed E-state index contributed by atoms with van der Waals surface area (Å²) in [5.41, 5.74) is 0.468. The normalized spacial score (nSPS) is 20.6. The van der Waals surface area contributed by atoms with Crippen molar-refractivity contribution in [2.75, 3.05) is 0 Å². The minimum Gasteiger partial charge on any atom is -0.478 e. The summed E-state index contributed by atoms with van der Waals surface area (Å²) in [4.78, 5) is 44.4. The quantitative estimate of drug-likeness (QED) is 0.225. The second kappa shape index (κ2) is 8.98. The van der Waals surface area contributed by atoms with E-state index in [0.717, 1.165) is 6.08 Å². The number of carboxylic acids is 1. The van der Waals surface area contributed by atoms with E-state index in [-0.39, 0.29) is 30.2 Å². The lowest BCUT2D eigenvalue weighted by Gasteiger charge is -2.42. The van der Waals surface area contributed by atoms with Crippen molar-refractivity contribution in [1.82, 2.24) is 5.32 Å². The van der Waals surface area contributed by atoms with Crippen LogP contribution in [0.2, 0.25) is 0 Å². The van der Waals surface area contributed by atoms with E-state index in [9.17, 15) is 24.5 Å². The van der Waals surface area contributed by atoms with Crippen molar-refractivity contribution in [3.05, 3.63) is 52.1 Å². The van der Waals surface area contributed by atoms with Gasteiger partial charge in [0.15, 0.2) is 0 Å². The van der Waals surface area contributed by atoms with E-state index < -0.39 is 29.1 Å². The molecule has 2 rings (SSSR count). The number of non-ortho nitro benzene ring substituents is 1. The van der Waals surface area contributed by atoms with Crippen LogP contribution in [-0.4, -0.2) is 40.2 Å². The van der Waals surface area contributed by atoms with E-state index in [2.05, 4.69) is 5.32 Å². The molecular weight excluding hydrogens is 372 g/mol. The molecule has 150 valence electrons. The van der Waals surface area contributed by atoms with Gasteiger partial charge in [0, 0.05) is 18.2 Å². The molecular formula is C18H20N2O8. The van der Waals surface area contributed by atoms with Crippen molar-refractivity contribution >= 4 is 23.7 Å². The highest BCUT2D eigenvalue weighted by molar-refractivity contribution is 5.87. The van der Waals surface area contributed by atoms with Crippen LogP contribution in [0, 0.1) is 22.0 Å². The van der Waals surface area contributed by atoms with Crippen LogP contribution in [0.15, 0.2) is 36.4 Å². The van der Waals surface area contributed by atoms with Gasteiger partial charge >= 0.3 is 12.1 Å². The van der Waals surface area contributed by atoms with Crippen molar-refractivity contribution in [1.29, 1.82) is 0 Å². The number of nitrogens with zero attached hydrogens (tertiary/aromatic N) is 1. The van der Waals surface area contributed by atoms with E-state index in [0.29, 0.717) is 5.56 Å². The van der Waals surface area contributed by atoms with Gasteiger partial charge in [-0.1, -0.05) is 13.0 Å². The Bertz CT molecular complexity index is 789. The molecule has 4 atom stereocenters. The standard InChI is InChI=1S/C18H20N2O8/c1-10(3-8-14(21)22)16-15(17(23)19-16)11(2)28-18(24)27-9-12-4-6-13(7-5-12)20(25)26/h3-8,10-11,15-16H,9H2,1-2H3,(H,19,23)(H,21,22)/t10-,11-,15-,16-/m1/s1. The SMILES string of the molecule is C[C@H](C=CC(=O)O)[C@H]1NC(=O)[C@@H]1[C@@H](C)OC(=O)OCc1ccc([N+](=O)[O-])cc1. The second-order valence-corrected chi connectivity index (χ2v) is 6.40. The zero-order chi connectivity index (χ0) is 20.8. The Labute approximate surface area is 160 Å². The summed E-state index contributed by atoms with van der Waals surface area (Å²) in [5.74, 6) is -2.27. The Morgan fingerprint density at radius 3 is 2.50 bits per heavy atom. The number of hydrogen-bond donors (Lipinski definition) is 2. The van der Waals surface area contributed by atoms with E-state index in [4.69, 9.17) is 14.6 Å². The largest absolute Gasteiger partial charge is 0.508 e. The summed E-state index contributed by atoms with van der Waals surface area (Å²) >= 11 is 0. The summed E-state index contributed by atoms with van der Waals surface area (Å²) < 4.78 is 10.1. The lowest BCUT2D eigenvalue weighted by molar-refractivity contribution is -0.384. The molecule has 10 nitrogen and oxygen atoms in total. The van der Waals surface area contributed by atoms with Crippen molar-refractivity contribution in [2.45, 2.75) is 32.6 Å². The smallest absolute Gasteiger partial charge is 0.478 e. The lowest BCUT2D eigenvalue weighted by atomic mass is 9.78. The molecule has 1 heterocycles. The zero-order valence-corrected chi connectivity index (χ0v) is 15.2. The maximum absolute atomic E-state index is 11.9. The van der Waals surface area contributed by atoms with Crippen molar-refractivity contribution in [3.8, 4) is 0 Å². The minimum absolute atomic E-state index is 0.0759. The number of β-lactam (4-membered cyclic amide) rings is 1. The van der Waals surface area contributed by atoms with Gasteiger partial charge in [0.05, 0.1) is 16.9 Å². The van der Waals surface area contributed by atoms with E-state index in [1.165, 1.54) is 30.3 Å². The Morgan fingerprint density at radius 2 is 1.96 bits per heavy atom. The number of aliphatic carboxylic acids is 1. The van der Waals surface area contributed by atoms with Gasteiger partial charge in [0.2, 0.25) is 5.91 Å². The van der Waals surface area contributed by atoms with Gasteiger partial charge in [-0.2, -0.15) is 0 Å². The highest BCUT2D eigenvalue weighted by Gasteiger charge is 2.46. The molecule has 28 heavy (non-hydrogen) atoms. The van der Waals surface area contributed by atoms with Crippen LogP contribution < -0.4 is 5.32 Å². The number of nitro groups is 1. The molecule has 0 aliphatic carbocycles. The van der Waals surface area contributed by atoms with Crippen LogP contribution in [-0.2, 0) is 25.7 Å². The molecule has 1 aliphatic heterocycles. The first kappa shape index (κ1) is 20.9. The Kier molecular flexibility index (Phi) is 6.69. The molecule has 0 radical (unpaired) electrons. The van der Waals surface area contributed by atoms with Crippen LogP contribution in [0.1, 0.15) is 19.4 Å². The molecule has 1 aliphatic rings. The molecule has 10 heteroatoms. The molecule has 0 unspecified atom stereocenters. The number of carbonyl (C=O) groups is 3. The number of carbonyl (C=O) groups excluding carboxylic acids is 2. The number of carboxylic acid groups (broad SMARTS) is 1. The molecule has 0 spiro atoms. The molecule has 0 bridgehead atoms. The van der Waals surface area contributed by atoms with E-state index >= 15 is 0 Å². The summed E-state index contributed by atoms with van der Waals surface area (Å²) in [6, 6.07) is 5.14. The lowest BCUT2D eigenvalue weighted by Crippen LogP contribution is -2.64. The van der Waals surface area contributed by atoms with Gasteiger partial charge in [-0.15, -0.1) is 0 Å². The van der Waals surface area contributed by atoms with Crippen LogP contribution in [0.25, 0.3) is 0 Å². The van der Waals surface area contributed by atoms with Gasteiger partial charge in [-0.05, 0) is 30.5 Å². The maximum atomic E-state index is 11.9. The first-order valence-electron chi connectivity index (χ1n) is 8.47. The fourth-order valence-electron chi connectivity index (χ4n) is 2.85.